The molecule has 0 radical (unpaired) electrons. The average molecular weight is 357 g/mol. The Bertz CT molecular complexity index is 811. The quantitative estimate of drug-likeness (QED) is 0.877. The number of H-pyrrole nitrogens is 1. The predicted octanol–water partition coefficient (Wildman–Crippen LogP) is 2.01. The van der Waals surface area contributed by atoms with E-state index in [9.17, 15) is 9.59 Å². The summed E-state index contributed by atoms with van der Waals surface area (Å²) in [5.74, 6) is 0.812. The molecule has 0 spiro atoms. The van der Waals surface area contributed by atoms with Crippen molar-refractivity contribution in [3.05, 3.63) is 23.8 Å². The van der Waals surface area contributed by atoms with Gasteiger partial charge in [-0.15, -0.1) is 0 Å². The van der Waals surface area contributed by atoms with Crippen LogP contribution in [0.4, 0.5) is 5.95 Å². The van der Waals surface area contributed by atoms with E-state index in [2.05, 4.69) is 15.3 Å². The van der Waals surface area contributed by atoms with E-state index in [0.29, 0.717) is 12.0 Å². The first-order valence-corrected chi connectivity index (χ1v) is 9.04. The third kappa shape index (κ3) is 3.81. The number of anilines is 1. The Balaban J connectivity index is 1.69. The average Bonchev–Trinajstić information content (AvgIpc) is 3.04. The van der Waals surface area contributed by atoms with Crippen LogP contribution in [0.15, 0.2) is 18.2 Å². The zero-order chi connectivity index (χ0) is 18.8. The molecule has 140 valence electrons. The summed E-state index contributed by atoms with van der Waals surface area (Å²) in [4.78, 5) is 36.1. The molecule has 2 amide bonds. The largest absolute Gasteiger partial charge is 0.349 e. The Morgan fingerprint density at radius 3 is 2.65 bits per heavy atom. The van der Waals surface area contributed by atoms with E-state index < -0.39 is 0 Å². The summed E-state index contributed by atoms with van der Waals surface area (Å²) in [6, 6.07) is 5.52. The van der Waals surface area contributed by atoms with Crippen molar-refractivity contribution >= 4 is 28.8 Å². The minimum Gasteiger partial charge on any atom is -0.349 e. The second-order valence-corrected chi connectivity index (χ2v) is 7.45. The van der Waals surface area contributed by atoms with Crippen LogP contribution in [-0.2, 0) is 4.79 Å². The molecule has 1 fully saturated rings. The number of hydrogen-bond donors (Lipinski definition) is 2. The lowest BCUT2D eigenvalue weighted by molar-refractivity contribution is -0.134. The van der Waals surface area contributed by atoms with Gasteiger partial charge in [0.15, 0.2) is 0 Å². The molecule has 2 atom stereocenters. The number of aromatic nitrogens is 2. The van der Waals surface area contributed by atoms with E-state index in [0.717, 1.165) is 36.2 Å². The van der Waals surface area contributed by atoms with Crippen LogP contribution in [0.25, 0.3) is 11.0 Å². The number of carbonyl (C=O) groups is 2. The number of amides is 2. The maximum Gasteiger partial charge on any atom is 0.251 e. The maximum absolute atomic E-state index is 12.7. The fourth-order valence-electron chi connectivity index (χ4n) is 3.53. The van der Waals surface area contributed by atoms with Gasteiger partial charge in [-0.2, -0.15) is 0 Å². The number of benzene rings is 1. The standard InChI is InChI=1S/C19H27N5O2/c1-23(2)18(26)13-6-5-7-14(10-13)20-17(25)12-8-9-15-16(11-12)22-19(21-15)24(3)4/h8-9,11,13-14H,5-7,10H2,1-4H3,(H,20,25)(H,21,22). The SMILES string of the molecule is CN(C)C(=O)C1CCCC(NC(=O)c2ccc3nc(N(C)C)[nH]c3c2)C1. The molecule has 2 N–H and O–H groups in total. The van der Waals surface area contributed by atoms with Crippen LogP contribution in [0.1, 0.15) is 36.0 Å². The molecule has 1 aromatic carbocycles. The summed E-state index contributed by atoms with van der Waals surface area (Å²) >= 11 is 0. The lowest BCUT2D eigenvalue weighted by Crippen LogP contribution is -2.42. The second kappa shape index (κ2) is 7.35. The zero-order valence-corrected chi connectivity index (χ0v) is 15.9. The van der Waals surface area contributed by atoms with E-state index in [1.54, 1.807) is 25.1 Å². The molecule has 2 unspecified atom stereocenters. The summed E-state index contributed by atoms with van der Waals surface area (Å²) in [7, 11) is 7.40. The van der Waals surface area contributed by atoms with Gasteiger partial charge in [0.05, 0.1) is 11.0 Å². The van der Waals surface area contributed by atoms with Crippen LogP contribution in [0, 0.1) is 5.92 Å². The minimum absolute atomic E-state index is 0.00165. The van der Waals surface area contributed by atoms with Gasteiger partial charge in [0.1, 0.15) is 0 Å². The highest BCUT2D eigenvalue weighted by Gasteiger charge is 2.29. The fraction of sp³-hybridized carbons (Fsp3) is 0.526. The molecule has 7 heteroatoms. The zero-order valence-electron chi connectivity index (χ0n) is 15.9. The molecule has 1 aliphatic carbocycles. The van der Waals surface area contributed by atoms with Crippen molar-refractivity contribution in [2.45, 2.75) is 31.7 Å². The number of hydrogen-bond acceptors (Lipinski definition) is 4. The summed E-state index contributed by atoms with van der Waals surface area (Å²) in [6.07, 6.45) is 3.48. The molecular formula is C19H27N5O2. The Morgan fingerprint density at radius 1 is 1.19 bits per heavy atom. The third-order valence-corrected chi connectivity index (χ3v) is 4.95. The molecule has 1 aliphatic rings. The molecule has 0 saturated heterocycles. The van der Waals surface area contributed by atoms with Crippen LogP contribution in [-0.4, -0.2) is 60.9 Å². The van der Waals surface area contributed by atoms with Gasteiger partial charge in [-0.3, -0.25) is 9.59 Å². The lowest BCUT2D eigenvalue weighted by atomic mass is 9.84. The van der Waals surface area contributed by atoms with E-state index in [1.807, 2.05) is 31.1 Å². The van der Waals surface area contributed by atoms with E-state index >= 15 is 0 Å². The Hall–Kier alpha value is -2.57. The fourth-order valence-corrected chi connectivity index (χ4v) is 3.53. The van der Waals surface area contributed by atoms with Crippen LogP contribution in [0.2, 0.25) is 0 Å². The van der Waals surface area contributed by atoms with Gasteiger partial charge in [0.2, 0.25) is 11.9 Å². The van der Waals surface area contributed by atoms with Crippen molar-refractivity contribution in [3.8, 4) is 0 Å². The predicted molar refractivity (Wildman–Crippen MR) is 102 cm³/mol. The van der Waals surface area contributed by atoms with E-state index in [-0.39, 0.29) is 23.8 Å². The summed E-state index contributed by atoms with van der Waals surface area (Å²) in [6.45, 7) is 0. The number of rotatable bonds is 4. The second-order valence-electron chi connectivity index (χ2n) is 7.45. The third-order valence-electron chi connectivity index (χ3n) is 4.95. The number of fused-ring (bicyclic) bond motifs is 1. The van der Waals surface area contributed by atoms with Crippen LogP contribution in [0.3, 0.4) is 0 Å². The maximum atomic E-state index is 12.7. The summed E-state index contributed by atoms with van der Waals surface area (Å²) in [5, 5.41) is 3.10. The van der Waals surface area contributed by atoms with E-state index in [4.69, 9.17) is 0 Å². The van der Waals surface area contributed by atoms with Gasteiger partial charge in [-0.05, 0) is 37.5 Å². The molecule has 2 aromatic rings. The Morgan fingerprint density at radius 2 is 1.96 bits per heavy atom. The topological polar surface area (TPSA) is 81.3 Å². The highest BCUT2D eigenvalue weighted by molar-refractivity contribution is 5.97. The highest BCUT2D eigenvalue weighted by atomic mass is 16.2. The van der Waals surface area contributed by atoms with E-state index in [1.165, 1.54) is 0 Å². The first-order chi connectivity index (χ1) is 12.3. The van der Waals surface area contributed by atoms with Crippen molar-refractivity contribution in [1.82, 2.24) is 20.2 Å². The van der Waals surface area contributed by atoms with Gasteiger partial charge in [-0.1, -0.05) is 6.42 Å². The highest BCUT2D eigenvalue weighted by Crippen LogP contribution is 2.26. The first-order valence-electron chi connectivity index (χ1n) is 9.04. The Kier molecular flexibility index (Phi) is 5.15. The van der Waals surface area contributed by atoms with Gasteiger partial charge < -0.3 is 20.1 Å². The van der Waals surface area contributed by atoms with Gasteiger partial charge in [-0.25, -0.2) is 4.98 Å². The molecule has 7 nitrogen and oxygen atoms in total. The lowest BCUT2D eigenvalue weighted by Gasteiger charge is -2.30. The molecule has 1 heterocycles. The van der Waals surface area contributed by atoms with Crippen molar-refractivity contribution in [3.63, 3.8) is 0 Å². The molecule has 0 bridgehead atoms. The van der Waals surface area contributed by atoms with Crippen molar-refractivity contribution < 1.29 is 9.59 Å². The van der Waals surface area contributed by atoms with Crippen LogP contribution >= 0.6 is 0 Å². The number of nitrogens with one attached hydrogen (secondary N) is 2. The summed E-state index contributed by atoms with van der Waals surface area (Å²) in [5.41, 5.74) is 2.28. The number of aromatic amines is 1. The first kappa shape index (κ1) is 18.2. The monoisotopic (exact) mass is 357 g/mol. The van der Waals surface area contributed by atoms with Crippen LogP contribution in [0.5, 0.6) is 0 Å². The number of imidazole rings is 1. The number of carbonyl (C=O) groups excluding carboxylic acids is 2. The summed E-state index contributed by atoms with van der Waals surface area (Å²) < 4.78 is 0. The van der Waals surface area contributed by atoms with Crippen molar-refractivity contribution in [2.24, 2.45) is 5.92 Å². The minimum atomic E-state index is -0.101. The molecule has 0 aliphatic heterocycles. The number of nitrogens with zero attached hydrogens (tertiary/aromatic N) is 3. The molecular weight excluding hydrogens is 330 g/mol. The Labute approximate surface area is 153 Å². The molecule has 3 rings (SSSR count). The van der Waals surface area contributed by atoms with Crippen molar-refractivity contribution in [2.75, 3.05) is 33.1 Å². The van der Waals surface area contributed by atoms with Gasteiger partial charge in [0.25, 0.3) is 5.91 Å². The molecule has 1 aromatic heterocycles. The normalized spacial score (nSPS) is 20.0. The smallest absolute Gasteiger partial charge is 0.251 e. The molecule has 1 saturated carbocycles. The van der Waals surface area contributed by atoms with Gasteiger partial charge >= 0.3 is 0 Å². The molecule has 26 heavy (non-hydrogen) atoms. The van der Waals surface area contributed by atoms with Crippen molar-refractivity contribution in [1.29, 1.82) is 0 Å². The van der Waals surface area contributed by atoms with Crippen LogP contribution < -0.4 is 10.2 Å². The van der Waals surface area contributed by atoms with Gasteiger partial charge in [0, 0.05) is 45.7 Å².